The van der Waals surface area contributed by atoms with E-state index in [0.717, 1.165) is 18.4 Å². The lowest BCUT2D eigenvalue weighted by atomic mass is 10.2. The van der Waals surface area contributed by atoms with E-state index >= 15 is 0 Å². The van der Waals surface area contributed by atoms with Gasteiger partial charge in [-0.1, -0.05) is 59.3 Å². The van der Waals surface area contributed by atoms with Gasteiger partial charge < -0.3 is 4.74 Å². The second-order valence-corrected chi connectivity index (χ2v) is 8.94. The van der Waals surface area contributed by atoms with Crippen LogP contribution in [-0.2, 0) is 14.6 Å². The van der Waals surface area contributed by atoms with E-state index in [4.69, 9.17) is 4.74 Å². The number of sulfone groups is 1. The number of ether oxygens (including phenoxy) is 1. The Bertz CT molecular complexity index is 597. The normalized spacial score (nSPS) is 12.5. The summed E-state index contributed by atoms with van der Waals surface area (Å²) in [5.74, 6) is 5.94. The number of benzene rings is 1. The van der Waals surface area contributed by atoms with Gasteiger partial charge in [-0.2, -0.15) is 0 Å². The Hall–Kier alpha value is -0.830. The monoisotopic (exact) mass is 386 g/mol. The fraction of sp³-hybridized carbons (Fsp3) is 0.529. The first-order chi connectivity index (χ1) is 10.5. The van der Waals surface area contributed by atoms with Gasteiger partial charge in [0, 0.05) is 6.42 Å². The lowest BCUT2D eigenvalue weighted by Crippen LogP contribution is -2.21. The molecular weight excluding hydrogens is 364 g/mol. The molecule has 0 heterocycles. The molecule has 122 valence electrons. The molecule has 0 radical (unpaired) electrons. The van der Waals surface area contributed by atoms with E-state index in [0.29, 0.717) is 4.90 Å². The highest BCUT2D eigenvalue weighted by Gasteiger charge is 2.24. The second-order valence-electron chi connectivity index (χ2n) is 5.09. The van der Waals surface area contributed by atoms with Gasteiger partial charge in [0.05, 0.1) is 11.5 Å². The Labute approximate surface area is 142 Å². The average molecular weight is 387 g/mol. The van der Waals surface area contributed by atoms with Crippen molar-refractivity contribution >= 4 is 25.8 Å². The molecule has 0 saturated heterocycles. The van der Waals surface area contributed by atoms with E-state index in [1.807, 2.05) is 6.92 Å². The van der Waals surface area contributed by atoms with Crippen LogP contribution in [0.4, 0.5) is 0 Å². The predicted molar refractivity (Wildman–Crippen MR) is 93.8 cm³/mol. The summed E-state index contributed by atoms with van der Waals surface area (Å²) in [6.45, 7) is 4.42. The summed E-state index contributed by atoms with van der Waals surface area (Å²) in [5.41, 5.74) is 1.03. The highest BCUT2D eigenvalue weighted by molar-refractivity contribution is 9.11. The third kappa shape index (κ3) is 6.51. The molecule has 5 heteroatoms. The lowest BCUT2D eigenvalue weighted by Gasteiger charge is -2.11. The molecule has 0 fully saturated rings. The van der Waals surface area contributed by atoms with Crippen LogP contribution in [0.5, 0.6) is 0 Å². The quantitative estimate of drug-likeness (QED) is 0.383. The molecule has 0 aromatic heterocycles. The summed E-state index contributed by atoms with van der Waals surface area (Å²) in [6.07, 6.45) is 4.34. The topological polar surface area (TPSA) is 43.4 Å². The Kier molecular flexibility index (Phi) is 8.77. The standard InChI is InChI=1S/C17H23BrO3S/c1-3-4-5-6-7-8-13-21-14-17(18)22(19,20)16-11-9-15(2)10-12-16/h9-12,17H,3-6,13-14H2,1-2H3. The summed E-state index contributed by atoms with van der Waals surface area (Å²) >= 11 is 3.20. The van der Waals surface area contributed by atoms with Gasteiger partial charge in [0.1, 0.15) is 10.8 Å². The molecule has 0 saturated carbocycles. The summed E-state index contributed by atoms with van der Waals surface area (Å²) in [7, 11) is -3.42. The molecule has 0 amide bonds. The van der Waals surface area contributed by atoms with Crippen LogP contribution in [0.2, 0.25) is 0 Å². The van der Waals surface area contributed by atoms with Crippen molar-refractivity contribution in [3.05, 3.63) is 29.8 Å². The first-order valence-electron chi connectivity index (χ1n) is 7.46. The summed E-state index contributed by atoms with van der Waals surface area (Å²) in [5, 5.41) is 0. The molecule has 3 nitrogen and oxygen atoms in total. The molecule has 1 aromatic rings. The number of halogens is 1. The van der Waals surface area contributed by atoms with E-state index in [1.165, 1.54) is 12.8 Å². The number of aryl methyl sites for hydroxylation is 1. The lowest BCUT2D eigenvalue weighted by molar-refractivity contribution is 0.180. The Morgan fingerprint density at radius 1 is 1.18 bits per heavy atom. The van der Waals surface area contributed by atoms with Gasteiger partial charge in [0.15, 0.2) is 9.84 Å². The van der Waals surface area contributed by atoms with Crippen molar-refractivity contribution in [2.24, 2.45) is 0 Å². The van der Waals surface area contributed by atoms with Crippen LogP contribution >= 0.6 is 15.9 Å². The van der Waals surface area contributed by atoms with Crippen molar-refractivity contribution in [3.8, 4) is 11.8 Å². The number of alkyl halides is 1. The van der Waals surface area contributed by atoms with E-state index in [1.54, 1.807) is 24.3 Å². The fourth-order valence-corrected chi connectivity index (χ4v) is 3.69. The summed E-state index contributed by atoms with van der Waals surface area (Å²) in [6, 6.07) is 6.81. The van der Waals surface area contributed by atoms with Crippen LogP contribution in [-0.4, -0.2) is 25.8 Å². The van der Waals surface area contributed by atoms with Crippen molar-refractivity contribution in [3.63, 3.8) is 0 Å². The first kappa shape index (κ1) is 19.2. The Morgan fingerprint density at radius 3 is 2.50 bits per heavy atom. The molecule has 1 unspecified atom stereocenters. The Balaban J connectivity index is 2.41. The molecule has 0 N–H and O–H groups in total. The van der Waals surface area contributed by atoms with Gasteiger partial charge in [-0.05, 0) is 25.5 Å². The SMILES string of the molecule is CCCCCC#CCOCC(Br)S(=O)(=O)c1ccc(C)cc1. The van der Waals surface area contributed by atoms with Gasteiger partial charge in [-0.25, -0.2) is 8.42 Å². The van der Waals surface area contributed by atoms with E-state index < -0.39 is 14.0 Å². The minimum absolute atomic E-state index is 0.0832. The molecule has 1 aromatic carbocycles. The summed E-state index contributed by atoms with van der Waals surface area (Å²) in [4.78, 5) is 0.300. The first-order valence-corrected chi connectivity index (χ1v) is 9.92. The van der Waals surface area contributed by atoms with Crippen LogP contribution in [0, 0.1) is 18.8 Å². The number of hydrogen-bond acceptors (Lipinski definition) is 3. The summed E-state index contributed by atoms with van der Waals surface area (Å²) < 4.78 is 29.2. The third-order valence-electron chi connectivity index (χ3n) is 3.14. The molecule has 0 aliphatic carbocycles. The molecule has 0 bridgehead atoms. The highest BCUT2D eigenvalue weighted by Crippen LogP contribution is 2.21. The smallest absolute Gasteiger partial charge is 0.193 e. The molecule has 0 aliphatic heterocycles. The third-order valence-corrected chi connectivity index (χ3v) is 6.62. The van der Waals surface area contributed by atoms with Crippen molar-refractivity contribution in [1.29, 1.82) is 0 Å². The van der Waals surface area contributed by atoms with Crippen LogP contribution < -0.4 is 0 Å². The molecule has 0 aliphatic rings. The number of hydrogen-bond donors (Lipinski definition) is 0. The van der Waals surface area contributed by atoms with E-state index in [2.05, 4.69) is 34.7 Å². The highest BCUT2D eigenvalue weighted by atomic mass is 79.9. The fourth-order valence-electron chi connectivity index (χ4n) is 1.77. The second kappa shape index (κ2) is 10.0. The zero-order valence-corrected chi connectivity index (χ0v) is 15.5. The predicted octanol–water partition coefficient (Wildman–Crippen LogP) is 4.09. The van der Waals surface area contributed by atoms with E-state index in [9.17, 15) is 8.42 Å². The van der Waals surface area contributed by atoms with Crippen LogP contribution in [0.3, 0.4) is 0 Å². The van der Waals surface area contributed by atoms with Crippen molar-refractivity contribution in [2.75, 3.05) is 13.2 Å². The van der Waals surface area contributed by atoms with Crippen molar-refractivity contribution in [2.45, 2.75) is 48.6 Å². The molecule has 22 heavy (non-hydrogen) atoms. The maximum absolute atomic E-state index is 12.3. The molecule has 1 rings (SSSR count). The van der Waals surface area contributed by atoms with Crippen LogP contribution in [0.15, 0.2) is 29.2 Å². The van der Waals surface area contributed by atoms with Gasteiger partial charge >= 0.3 is 0 Å². The minimum Gasteiger partial charge on any atom is -0.367 e. The van der Waals surface area contributed by atoms with E-state index in [-0.39, 0.29) is 13.2 Å². The van der Waals surface area contributed by atoms with Crippen molar-refractivity contribution < 1.29 is 13.2 Å². The molecule has 0 spiro atoms. The molecule has 1 atom stereocenters. The largest absolute Gasteiger partial charge is 0.367 e. The minimum atomic E-state index is -3.42. The average Bonchev–Trinajstić information content (AvgIpc) is 2.50. The zero-order valence-electron chi connectivity index (χ0n) is 13.1. The van der Waals surface area contributed by atoms with Crippen molar-refractivity contribution in [1.82, 2.24) is 0 Å². The Morgan fingerprint density at radius 2 is 1.86 bits per heavy atom. The van der Waals surface area contributed by atoms with Gasteiger partial charge in [0.2, 0.25) is 0 Å². The number of unbranched alkanes of at least 4 members (excludes halogenated alkanes) is 3. The van der Waals surface area contributed by atoms with Gasteiger partial charge in [-0.15, -0.1) is 5.92 Å². The maximum atomic E-state index is 12.3. The van der Waals surface area contributed by atoms with Crippen LogP contribution in [0.25, 0.3) is 0 Å². The zero-order chi connectivity index (χ0) is 16.4. The van der Waals surface area contributed by atoms with Gasteiger partial charge in [-0.3, -0.25) is 0 Å². The maximum Gasteiger partial charge on any atom is 0.193 e. The number of rotatable bonds is 8. The van der Waals surface area contributed by atoms with Crippen LogP contribution in [0.1, 0.15) is 38.2 Å². The van der Waals surface area contributed by atoms with Gasteiger partial charge in [0.25, 0.3) is 0 Å². The molecular formula is C17H23BrO3S.